The van der Waals surface area contributed by atoms with Gasteiger partial charge in [-0.25, -0.2) is 4.98 Å². The van der Waals surface area contributed by atoms with Crippen molar-refractivity contribution in [2.45, 2.75) is 19.1 Å². The highest BCUT2D eigenvalue weighted by Gasteiger charge is 2.26. The third-order valence-corrected chi connectivity index (χ3v) is 1.45. The standard InChI is InChI=1S/C7H6F3N3/c8-7(9,10)1-3-13-4-2-12-6(13)5-11/h2,4H,1,3H2. The summed E-state index contributed by atoms with van der Waals surface area (Å²) in [4.78, 5) is 3.57. The molecule has 0 fully saturated rings. The maximum Gasteiger partial charge on any atom is 0.390 e. The van der Waals surface area contributed by atoms with Crippen molar-refractivity contribution >= 4 is 0 Å². The van der Waals surface area contributed by atoms with Gasteiger partial charge in [-0.1, -0.05) is 0 Å². The average Bonchev–Trinajstić information content (AvgIpc) is 2.46. The van der Waals surface area contributed by atoms with Crippen LogP contribution in [-0.2, 0) is 6.54 Å². The molecule has 0 amide bonds. The summed E-state index contributed by atoms with van der Waals surface area (Å²) in [5.74, 6) is 0.00394. The van der Waals surface area contributed by atoms with Gasteiger partial charge >= 0.3 is 6.18 Å². The number of nitrogens with zero attached hydrogens (tertiary/aromatic N) is 3. The third kappa shape index (κ3) is 2.78. The summed E-state index contributed by atoms with van der Waals surface area (Å²) in [6.07, 6.45) is -2.49. The van der Waals surface area contributed by atoms with Crippen LogP contribution in [0.15, 0.2) is 12.4 Å². The molecule has 0 bridgehead atoms. The van der Waals surface area contributed by atoms with E-state index >= 15 is 0 Å². The fourth-order valence-electron chi connectivity index (χ4n) is 0.850. The molecule has 0 aliphatic heterocycles. The van der Waals surface area contributed by atoms with Crippen LogP contribution >= 0.6 is 0 Å². The quantitative estimate of drug-likeness (QED) is 0.710. The van der Waals surface area contributed by atoms with Crippen LogP contribution in [0.5, 0.6) is 0 Å². The van der Waals surface area contributed by atoms with Gasteiger partial charge in [0.1, 0.15) is 6.07 Å². The van der Waals surface area contributed by atoms with E-state index in [4.69, 9.17) is 5.26 Å². The second-order valence-electron chi connectivity index (χ2n) is 2.42. The minimum absolute atomic E-state index is 0.00394. The Labute approximate surface area is 72.4 Å². The molecule has 1 heterocycles. The van der Waals surface area contributed by atoms with Crippen molar-refractivity contribution in [1.82, 2.24) is 9.55 Å². The first-order valence-corrected chi connectivity index (χ1v) is 3.51. The Morgan fingerprint density at radius 3 is 2.77 bits per heavy atom. The lowest BCUT2D eigenvalue weighted by molar-refractivity contribution is -0.136. The molecule has 70 valence electrons. The molecule has 0 aromatic carbocycles. The Hall–Kier alpha value is -1.51. The van der Waals surface area contributed by atoms with Gasteiger partial charge in [-0.05, 0) is 0 Å². The number of aromatic nitrogens is 2. The second kappa shape index (κ2) is 3.47. The highest BCUT2D eigenvalue weighted by molar-refractivity contribution is 5.10. The van der Waals surface area contributed by atoms with Crippen LogP contribution in [0.4, 0.5) is 13.2 Å². The Bertz CT molecular complexity index is 320. The molecular weight excluding hydrogens is 183 g/mol. The van der Waals surface area contributed by atoms with E-state index in [0.29, 0.717) is 0 Å². The Morgan fingerprint density at radius 1 is 1.54 bits per heavy atom. The van der Waals surface area contributed by atoms with E-state index in [1.165, 1.54) is 17.0 Å². The summed E-state index contributed by atoms with van der Waals surface area (Å²) in [6.45, 7) is -0.258. The molecule has 0 radical (unpaired) electrons. The topological polar surface area (TPSA) is 41.6 Å². The van der Waals surface area contributed by atoms with Gasteiger partial charge in [-0.2, -0.15) is 18.4 Å². The van der Waals surface area contributed by atoms with E-state index in [-0.39, 0.29) is 12.4 Å². The lowest BCUT2D eigenvalue weighted by Crippen LogP contribution is -2.12. The highest BCUT2D eigenvalue weighted by Crippen LogP contribution is 2.20. The van der Waals surface area contributed by atoms with Crippen molar-refractivity contribution in [2.75, 3.05) is 0 Å². The number of rotatable bonds is 2. The Balaban J connectivity index is 2.61. The number of hydrogen-bond donors (Lipinski definition) is 0. The maximum absolute atomic E-state index is 11.8. The molecule has 6 heteroatoms. The van der Waals surface area contributed by atoms with Crippen molar-refractivity contribution < 1.29 is 13.2 Å². The first-order chi connectivity index (χ1) is 6.03. The summed E-state index contributed by atoms with van der Waals surface area (Å²) in [5.41, 5.74) is 0. The van der Waals surface area contributed by atoms with Crippen molar-refractivity contribution in [3.05, 3.63) is 18.2 Å². The zero-order valence-corrected chi connectivity index (χ0v) is 6.54. The van der Waals surface area contributed by atoms with Crippen LogP contribution in [0.25, 0.3) is 0 Å². The van der Waals surface area contributed by atoms with Gasteiger partial charge in [-0.15, -0.1) is 0 Å². The summed E-state index contributed by atoms with van der Waals surface area (Å²) in [7, 11) is 0. The van der Waals surface area contributed by atoms with E-state index in [1.807, 2.05) is 0 Å². The van der Waals surface area contributed by atoms with Crippen LogP contribution in [0.2, 0.25) is 0 Å². The fourth-order valence-corrected chi connectivity index (χ4v) is 0.850. The molecule has 1 aromatic heterocycles. The smallest absolute Gasteiger partial charge is 0.322 e. The van der Waals surface area contributed by atoms with Gasteiger partial charge in [-0.3, -0.25) is 0 Å². The molecule has 0 saturated carbocycles. The summed E-state index contributed by atoms with van der Waals surface area (Å²) >= 11 is 0. The molecule has 0 saturated heterocycles. The first-order valence-electron chi connectivity index (χ1n) is 3.51. The van der Waals surface area contributed by atoms with Crippen LogP contribution in [-0.4, -0.2) is 15.7 Å². The minimum atomic E-state index is -4.20. The van der Waals surface area contributed by atoms with Gasteiger partial charge in [0.25, 0.3) is 0 Å². The number of halogens is 3. The van der Waals surface area contributed by atoms with Crippen LogP contribution in [0.3, 0.4) is 0 Å². The molecule has 0 atom stereocenters. The van der Waals surface area contributed by atoms with E-state index in [9.17, 15) is 13.2 Å². The minimum Gasteiger partial charge on any atom is -0.322 e. The molecule has 3 nitrogen and oxygen atoms in total. The largest absolute Gasteiger partial charge is 0.390 e. The number of aryl methyl sites for hydroxylation is 1. The summed E-state index contributed by atoms with van der Waals surface area (Å²) < 4.78 is 36.5. The number of nitriles is 1. The molecule has 0 aliphatic carbocycles. The van der Waals surface area contributed by atoms with Gasteiger partial charge in [0.15, 0.2) is 0 Å². The molecule has 0 aliphatic rings. The molecule has 0 N–H and O–H groups in total. The lowest BCUT2D eigenvalue weighted by Gasteiger charge is -2.06. The molecule has 0 unspecified atom stereocenters. The van der Waals surface area contributed by atoms with Crippen molar-refractivity contribution in [2.24, 2.45) is 0 Å². The molecule has 0 spiro atoms. The SMILES string of the molecule is N#Cc1nccn1CCC(F)(F)F. The first kappa shape index (κ1) is 9.58. The lowest BCUT2D eigenvalue weighted by atomic mass is 10.4. The number of alkyl halides is 3. The highest BCUT2D eigenvalue weighted by atomic mass is 19.4. The third-order valence-electron chi connectivity index (χ3n) is 1.45. The van der Waals surface area contributed by atoms with E-state index < -0.39 is 12.6 Å². The number of hydrogen-bond acceptors (Lipinski definition) is 2. The van der Waals surface area contributed by atoms with Crippen molar-refractivity contribution in [3.63, 3.8) is 0 Å². The average molecular weight is 189 g/mol. The maximum atomic E-state index is 11.8. The van der Waals surface area contributed by atoms with Gasteiger partial charge in [0.2, 0.25) is 5.82 Å². The van der Waals surface area contributed by atoms with Crippen molar-refractivity contribution in [1.29, 1.82) is 5.26 Å². The predicted molar refractivity (Wildman–Crippen MR) is 37.6 cm³/mol. The monoisotopic (exact) mass is 189 g/mol. The Kier molecular flexibility index (Phi) is 2.56. The zero-order valence-electron chi connectivity index (χ0n) is 6.54. The van der Waals surface area contributed by atoms with Crippen LogP contribution in [0, 0.1) is 11.3 Å². The molecule has 1 aromatic rings. The van der Waals surface area contributed by atoms with Gasteiger partial charge in [0.05, 0.1) is 6.42 Å². The molecule has 1 rings (SSSR count). The van der Waals surface area contributed by atoms with E-state index in [2.05, 4.69) is 4.98 Å². The zero-order chi connectivity index (χ0) is 9.90. The van der Waals surface area contributed by atoms with Crippen molar-refractivity contribution in [3.8, 4) is 6.07 Å². The normalized spacial score (nSPS) is 11.2. The molecular formula is C7H6F3N3. The summed E-state index contributed by atoms with van der Waals surface area (Å²) in [6, 6.07) is 1.70. The van der Waals surface area contributed by atoms with Crippen LogP contribution in [0.1, 0.15) is 12.2 Å². The van der Waals surface area contributed by atoms with Gasteiger partial charge in [0, 0.05) is 18.9 Å². The second-order valence-corrected chi connectivity index (χ2v) is 2.42. The molecule has 13 heavy (non-hydrogen) atoms. The van der Waals surface area contributed by atoms with Crippen LogP contribution < -0.4 is 0 Å². The van der Waals surface area contributed by atoms with E-state index in [1.54, 1.807) is 6.07 Å². The fraction of sp³-hybridized carbons (Fsp3) is 0.429. The summed E-state index contributed by atoms with van der Waals surface area (Å²) in [5, 5.41) is 8.42. The number of imidazole rings is 1. The Morgan fingerprint density at radius 2 is 2.23 bits per heavy atom. The van der Waals surface area contributed by atoms with Gasteiger partial charge < -0.3 is 4.57 Å². The van der Waals surface area contributed by atoms with E-state index in [0.717, 1.165) is 0 Å². The predicted octanol–water partition coefficient (Wildman–Crippen LogP) is 1.71.